The molecule has 0 aromatic carbocycles. The van der Waals surface area contributed by atoms with Gasteiger partial charge in [-0.25, -0.2) is 15.0 Å². The van der Waals surface area contributed by atoms with E-state index < -0.39 is 6.10 Å². The highest BCUT2D eigenvalue weighted by atomic mass is 16.4. The first-order valence-corrected chi connectivity index (χ1v) is 5.85. The van der Waals surface area contributed by atoms with E-state index in [1.54, 1.807) is 18.3 Å². The van der Waals surface area contributed by atoms with Crippen molar-refractivity contribution in [1.82, 2.24) is 15.0 Å². The Kier molecular flexibility index (Phi) is 3.07. The average Bonchev–Trinajstić information content (AvgIpc) is 2.99. The second-order valence-electron chi connectivity index (χ2n) is 4.01. The van der Waals surface area contributed by atoms with E-state index in [4.69, 9.17) is 4.42 Å². The summed E-state index contributed by atoms with van der Waals surface area (Å²) in [4.78, 5) is 12.4. The maximum absolute atomic E-state index is 9.93. The average molecular weight is 256 g/mol. The Bertz CT molecular complexity index is 664. The molecule has 1 atom stereocenters. The SMILES string of the molecule is OC(CNc1ncnc2ncccc12)c1ccco1. The van der Waals surface area contributed by atoms with Gasteiger partial charge in [0.05, 0.1) is 11.6 Å². The van der Waals surface area contributed by atoms with Gasteiger partial charge in [0.2, 0.25) is 0 Å². The van der Waals surface area contributed by atoms with E-state index in [0.29, 0.717) is 23.8 Å². The lowest BCUT2D eigenvalue weighted by atomic mass is 10.2. The number of aromatic nitrogens is 3. The van der Waals surface area contributed by atoms with Gasteiger partial charge < -0.3 is 14.8 Å². The van der Waals surface area contributed by atoms with Crippen LogP contribution >= 0.6 is 0 Å². The summed E-state index contributed by atoms with van der Waals surface area (Å²) in [6, 6.07) is 7.16. The topological polar surface area (TPSA) is 84.1 Å². The molecule has 3 aromatic rings. The van der Waals surface area contributed by atoms with Crippen LogP contribution in [0.1, 0.15) is 11.9 Å². The molecule has 2 N–H and O–H groups in total. The lowest BCUT2D eigenvalue weighted by Crippen LogP contribution is -2.12. The molecule has 0 saturated heterocycles. The van der Waals surface area contributed by atoms with Crippen molar-refractivity contribution < 1.29 is 9.52 Å². The fourth-order valence-corrected chi connectivity index (χ4v) is 1.81. The Morgan fingerprint density at radius 3 is 3.00 bits per heavy atom. The van der Waals surface area contributed by atoms with E-state index in [-0.39, 0.29) is 0 Å². The predicted molar refractivity (Wildman–Crippen MR) is 69.5 cm³/mol. The van der Waals surface area contributed by atoms with Crippen LogP contribution in [0.25, 0.3) is 11.0 Å². The highest BCUT2D eigenvalue weighted by molar-refractivity contribution is 5.85. The van der Waals surface area contributed by atoms with Gasteiger partial charge in [-0.05, 0) is 24.3 Å². The van der Waals surface area contributed by atoms with Gasteiger partial charge in [0.25, 0.3) is 0 Å². The molecule has 0 spiro atoms. The highest BCUT2D eigenvalue weighted by Gasteiger charge is 2.11. The first-order chi connectivity index (χ1) is 9.34. The fourth-order valence-electron chi connectivity index (χ4n) is 1.81. The molecule has 0 aliphatic heterocycles. The molecule has 0 radical (unpaired) electrons. The molecule has 0 aliphatic rings. The Balaban J connectivity index is 1.79. The third-order valence-electron chi connectivity index (χ3n) is 2.74. The van der Waals surface area contributed by atoms with E-state index in [0.717, 1.165) is 5.39 Å². The Hall–Kier alpha value is -2.47. The first-order valence-electron chi connectivity index (χ1n) is 5.85. The van der Waals surface area contributed by atoms with E-state index in [1.165, 1.54) is 12.6 Å². The van der Waals surface area contributed by atoms with Crippen LogP contribution in [-0.2, 0) is 0 Å². The number of hydrogen-bond donors (Lipinski definition) is 2. The summed E-state index contributed by atoms with van der Waals surface area (Å²) in [5.41, 5.74) is 0.618. The number of furan rings is 1. The summed E-state index contributed by atoms with van der Waals surface area (Å²) < 4.78 is 5.14. The number of pyridine rings is 1. The number of aliphatic hydroxyl groups is 1. The van der Waals surface area contributed by atoms with Gasteiger partial charge in [-0.15, -0.1) is 0 Å². The molecule has 1 unspecified atom stereocenters. The van der Waals surface area contributed by atoms with Crippen LogP contribution in [0.15, 0.2) is 47.5 Å². The quantitative estimate of drug-likeness (QED) is 0.740. The smallest absolute Gasteiger partial charge is 0.164 e. The van der Waals surface area contributed by atoms with E-state index >= 15 is 0 Å². The first kappa shape index (κ1) is 11.6. The van der Waals surface area contributed by atoms with Crippen molar-refractivity contribution in [3.63, 3.8) is 0 Å². The Morgan fingerprint density at radius 1 is 1.21 bits per heavy atom. The van der Waals surface area contributed by atoms with Crippen LogP contribution < -0.4 is 5.32 Å². The second-order valence-corrected chi connectivity index (χ2v) is 4.01. The van der Waals surface area contributed by atoms with Gasteiger partial charge in [0.15, 0.2) is 5.65 Å². The summed E-state index contributed by atoms with van der Waals surface area (Å²) >= 11 is 0. The predicted octanol–water partition coefficient (Wildman–Crippen LogP) is 1.76. The molecular formula is C13H12N4O2. The van der Waals surface area contributed by atoms with Crippen molar-refractivity contribution in [1.29, 1.82) is 0 Å². The number of anilines is 1. The van der Waals surface area contributed by atoms with Crippen LogP contribution in [0, 0.1) is 0 Å². The fraction of sp³-hybridized carbons (Fsp3) is 0.154. The standard InChI is InChI=1S/C13H12N4O2/c18-10(11-4-2-6-19-11)7-15-13-9-3-1-5-14-12(9)16-8-17-13/h1-6,8,10,18H,7H2,(H,14,15,16,17). The number of fused-ring (bicyclic) bond motifs is 1. The van der Waals surface area contributed by atoms with Crippen LogP contribution in [-0.4, -0.2) is 26.6 Å². The number of nitrogens with one attached hydrogen (secondary N) is 1. The van der Waals surface area contributed by atoms with Gasteiger partial charge in [0.1, 0.15) is 24.0 Å². The molecule has 0 amide bonds. The number of nitrogens with zero attached hydrogens (tertiary/aromatic N) is 3. The summed E-state index contributed by atoms with van der Waals surface area (Å²) in [7, 11) is 0. The molecular weight excluding hydrogens is 244 g/mol. The van der Waals surface area contributed by atoms with Gasteiger partial charge in [-0.2, -0.15) is 0 Å². The van der Waals surface area contributed by atoms with Crippen LogP contribution in [0.3, 0.4) is 0 Å². The van der Waals surface area contributed by atoms with Crippen LogP contribution in [0.4, 0.5) is 5.82 Å². The monoisotopic (exact) mass is 256 g/mol. The van der Waals surface area contributed by atoms with Crippen molar-refractivity contribution in [2.24, 2.45) is 0 Å². The third kappa shape index (κ3) is 2.38. The van der Waals surface area contributed by atoms with E-state index in [2.05, 4.69) is 20.3 Å². The van der Waals surface area contributed by atoms with Gasteiger partial charge >= 0.3 is 0 Å². The highest BCUT2D eigenvalue weighted by Crippen LogP contribution is 2.18. The molecule has 0 fully saturated rings. The van der Waals surface area contributed by atoms with Crippen molar-refractivity contribution >= 4 is 16.9 Å². The summed E-state index contributed by atoms with van der Waals surface area (Å²) in [5.74, 6) is 1.16. The Labute approximate surface area is 109 Å². The third-order valence-corrected chi connectivity index (χ3v) is 2.74. The lowest BCUT2D eigenvalue weighted by Gasteiger charge is -2.11. The van der Waals surface area contributed by atoms with Crippen molar-refractivity contribution in [2.75, 3.05) is 11.9 Å². The molecule has 19 heavy (non-hydrogen) atoms. The molecule has 0 aliphatic carbocycles. The largest absolute Gasteiger partial charge is 0.467 e. The van der Waals surface area contributed by atoms with Gasteiger partial charge in [0, 0.05) is 12.7 Å². The molecule has 3 heterocycles. The minimum absolute atomic E-state index is 0.300. The maximum atomic E-state index is 9.93. The number of aliphatic hydroxyl groups excluding tert-OH is 1. The summed E-state index contributed by atoms with van der Waals surface area (Å²) in [6.07, 6.45) is 3.92. The molecule has 0 saturated carbocycles. The molecule has 3 rings (SSSR count). The molecule has 6 nitrogen and oxygen atoms in total. The zero-order valence-electron chi connectivity index (χ0n) is 10.0. The minimum atomic E-state index is -0.725. The van der Waals surface area contributed by atoms with Crippen molar-refractivity contribution in [3.8, 4) is 0 Å². The van der Waals surface area contributed by atoms with Crippen molar-refractivity contribution in [3.05, 3.63) is 48.8 Å². The number of rotatable bonds is 4. The molecule has 96 valence electrons. The molecule has 6 heteroatoms. The van der Waals surface area contributed by atoms with Gasteiger partial charge in [-0.1, -0.05) is 0 Å². The Morgan fingerprint density at radius 2 is 2.16 bits per heavy atom. The number of hydrogen-bond acceptors (Lipinski definition) is 6. The second kappa shape index (κ2) is 5.03. The summed E-state index contributed by atoms with van der Waals surface area (Å²) in [6.45, 7) is 0.300. The summed E-state index contributed by atoms with van der Waals surface area (Å²) in [5, 5.41) is 13.8. The maximum Gasteiger partial charge on any atom is 0.164 e. The normalized spacial score (nSPS) is 12.5. The molecule has 3 aromatic heterocycles. The van der Waals surface area contributed by atoms with Crippen molar-refractivity contribution in [2.45, 2.75) is 6.10 Å². The van der Waals surface area contributed by atoms with Gasteiger partial charge in [-0.3, -0.25) is 0 Å². The zero-order chi connectivity index (χ0) is 13.1. The van der Waals surface area contributed by atoms with Crippen LogP contribution in [0.5, 0.6) is 0 Å². The zero-order valence-corrected chi connectivity index (χ0v) is 10.0. The molecule has 0 bridgehead atoms. The van der Waals surface area contributed by atoms with E-state index in [1.807, 2.05) is 12.1 Å². The van der Waals surface area contributed by atoms with E-state index in [9.17, 15) is 5.11 Å². The van der Waals surface area contributed by atoms with Crippen LogP contribution in [0.2, 0.25) is 0 Å². The lowest BCUT2D eigenvalue weighted by molar-refractivity contribution is 0.162. The minimum Gasteiger partial charge on any atom is -0.467 e.